The molecule has 1 aromatic heterocycles. The van der Waals surface area contributed by atoms with E-state index in [2.05, 4.69) is 15.5 Å². The molecule has 0 fully saturated rings. The monoisotopic (exact) mass is 333 g/mol. The number of nitrogens with zero attached hydrogens (tertiary/aromatic N) is 2. The molecular weight excluding hydrogens is 317 g/mol. The number of oxime groups is 1. The van der Waals surface area contributed by atoms with Gasteiger partial charge in [-0.2, -0.15) is 0 Å². The van der Waals surface area contributed by atoms with Gasteiger partial charge < -0.3 is 10.2 Å². The number of thiazole rings is 1. The third-order valence-corrected chi connectivity index (χ3v) is 4.21. The van der Waals surface area contributed by atoms with Crippen molar-refractivity contribution < 1.29 is 14.0 Å². The van der Waals surface area contributed by atoms with Gasteiger partial charge in [0.1, 0.15) is 17.6 Å². The van der Waals surface area contributed by atoms with Gasteiger partial charge in [-0.1, -0.05) is 17.3 Å². The Kier molecular flexibility index (Phi) is 4.66. The smallest absolute Gasteiger partial charge is 0.270 e. The highest BCUT2D eigenvalue weighted by molar-refractivity contribution is 7.09. The van der Waals surface area contributed by atoms with Crippen LogP contribution in [0.25, 0.3) is 0 Å². The van der Waals surface area contributed by atoms with Crippen molar-refractivity contribution in [3.05, 3.63) is 51.7 Å². The van der Waals surface area contributed by atoms with Crippen LogP contribution in [0.5, 0.6) is 0 Å². The Morgan fingerprint density at radius 1 is 1.52 bits per heavy atom. The Morgan fingerprint density at radius 2 is 2.39 bits per heavy atom. The average molecular weight is 333 g/mol. The van der Waals surface area contributed by atoms with E-state index in [1.165, 1.54) is 23.5 Å². The zero-order chi connectivity index (χ0) is 16.2. The minimum Gasteiger partial charge on any atom is -0.390 e. The van der Waals surface area contributed by atoms with Crippen LogP contribution in [0, 0.1) is 12.7 Å². The highest BCUT2D eigenvalue weighted by atomic mass is 32.1. The molecule has 1 aromatic carbocycles. The fourth-order valence-corrected chi connectivity index (χ4v) is 2.94. The number of carbonyl (C=O) groups excluding carboxylic acids is 1. The van der Waals surface area contributed by atoms with Crippen molar-refractivity contribution in [2.24, 2.45) is 5.16 Å². The number of amides is 1. The van der Waals surface area contributed by atoms with E-state index in [9.17, 15) is 9.18 Å². The summed E-state index contributed by atoms with van der Waals surface area (Å²) in [6.45, 7) is 2.22. The van der Waals surface area contributed by atoms with Crippen LogP contribution in [0.15, 0.2) is 34.8 Å². The molecule has 23 heavy (non-hydrogen) atoms. The summed E-state index contributed by atoms with van der Waals surface area (Å²) in [5, 5.41) is 9.40. The Hall–Kier alpha value is -2.28. The van der Waals surface area contributed by atoms with Gasteiger partial charge in [0, 0.05) is 18.2 Å². The number of hydrogen-bond donors (Lipinski definition) is 1. The van der Waals surface area contributed by atoms with Crippen LogP contribution in [-0.4, -0.2) is 29.3 Å². The number of aromatic nitrogens is 1. The second-order valence-corrected chi connectivity index (χ2v) is 6.42. The summed E-state index contributed by atoms with van der Waals surface area (Å²) in [5.41, 5.74) is 2.13. The molecule has 0 saturated heterocycles. The lowest BCUT2D eigenvalue weighted by Gasteiger charge is -2.08. The third-order valence-electron chi connectivity index (χ3n) is 3.43. The zero-order valence-electron chi connectivity index (χ0n) is 12.6. The molecule has 120 valence electrons. The molecule has 1 N–H and O–H groups in total. The summed E-state index contributed by atoms with van der Waals surface area (Å²) in [4.78, 5) is 21.4. The number of aryl methyl sites for hydroxylation is 1. The first-order chi connectivity index (χ1) is 11.1. The van der Waals surface area contributed by atoms with Gasteiger partial charge in [-0.25, -0.2) is 9.37 Å². The maximum atomic E-state index is 13.2. The summed E-state index contributed by atoms with van der Waals surface area (Å²) >= 11 is 1.44. The molecule has 0 aliphatic carbocycles. The number of halogens is 1. The van der Waals surface area contributed by atoms with Gasteiger partial charge in [0.15, 0.2) is 0 Å². The topological polar surface area (TPSA) is 63.6 Å². The molecule has 1 amide bonds. The van der Waals surface area contributed by atoms with E-state index < -0.39 is 0 Å². The van der Waals surface area contributed by atoms with Crippen LogP contribution in [0.4, 0.5) is 4.39 Å². The molecule has 3 rings (SSSR count). The van der Waals surface area contributed by atoms with Gasteiger partial charge in [-0.05, 0) is 24.6 Å². The van der Waals surface area contributed by atoms with Crippen LogP contribution in [0.3, 0.4) is 0 Å². The lowest BCUT2D eigenvalue weighted by Crippen LogP contribution is -2.32. The molecule has 0 saturated carbocycles. The molecule has 1 aliphatic rings. The molecule has 0 unspecified atom stereocenters. The second kappa shape index (κ2) is 6.87. The number of nitrogens with one attached hydrogen (secondary N) is 1. The molecule has 2 heterocycles. The first-order valence-corrected chi connectivity index (χ1v) is 8.14. The van der Waals surface area contributed by atoms with E-state index >= 15 is 0 Å². The van der Waals surface area contributed by atoms with E-state index in [0.717, 1.165) is 16.3 Å². The lowest BCUT2D eigenvalue weighted by atomic mass is 10.0. The molecule has 2 aromatic rings. The number of hydrogen-bond acceptors (Lipinski definition) is 5. The predicted octanol–water partition coefficient (Wildman–Crippen LogP) is 2.71. The van der Waals surface area contributed by atoms with Crippen LogP contribution < -0.4 is 5.32 Å². The van der Waals surface area contributed by atoms with E-state index in [4.69, 9.17) is 4.84 Å². The van der Waals surface area contributed by atoms with Crippen molar-refractivity contribution in [3.63, 3.8) is 0 Å². The summed E-state index contributed by atoms with van der Waals surface area (Å²) in [5.74, 6) is -0.471. The average Bonchev–Trinajstić information content (AvgIpc) is 3.14. The largest absolute Gasteiger partial charge is 0.390 e. The second-order valence-electron chi connectivity index (χ2n) is 5.36. The SMILES string of the molecule is Cc1nc(C(=O)NC[C@H]2CC(Cc3cccc(F)c3)=NO2)cs1. The Balaban J connectivity index is 1.47. The van der Waals surface area contributed by atoms with Crippen LogP contribution >= 0.6 is 11.3 Å². The van der Waals surface area contributed by atoms with E-state index in [-0.39, 0.29) is 17.8 Å². The van der Waals surface area contributed by atoms with E-state index in [1.54, 1.807) is 11.4 Å². The number of carbonyl (C=O) groups is 1. The lowest BCUT2D eigenvalue weighted by molar-refractivity contribution is 0.0751. The summed E-state index contributed by atoms with van der Waals surface area (Å²) < 4.78 is 13.2. The molecule has 0 bridgehead atoms. The molecule has 1 aliphatic heterocycles. The van der Waals surface area contributed by atoms with Crippen LogP contribution in [0.1, 0.15) is 27.5 Å². The van der Waals surface area contributed by atoms with Crippen LogP contribution in [-0.2, 0) is 11.3 Å². The predicted molar refractivity (Wildman–Crippen MR) is 86.2 cm³/mol. The highest BCUT2D eigenvalue weighted by Gasteiger charge is 2.22. The highest BCUT2D eigenvalue weighted by Crippen LogP contribution is 2.15. The van der Waals surface area contributed by atoms with Gasteiger partial charge >= 0.3 is 0 Å². The van der Waals surface area contributed by atoms with Gasteiger partial charge in [0.05, 0.1) is 17.3 Å². The van der Waals surface area contributed by atoms with Gasteiger partial charge in [-0.3, -0.25) is 4.79 Å². The number of rotatable bonds is 5. The van der Waals surface area contributed by atoms with Gasteiger partial charge in [0.25, 0.3) is 5.91 Å². The van der Waals surface area contributed by atoms with Crippen molar-refractivity contribution in [2.45, 2.75) is 25.9 Å². The summed E-state index contributed by atoms with van der Waals surface area (Å²) in [7, 11) is 0. The van der Waals surface area contributed by atoms with Crippen molar-refractivity contribution in [3.8, 4) is 0 Å². The minimum absolute atomic E-state index is 0.192. The van der Waals surface area contributed by atoms with Crippen molar-refractivity contribution in [1.82, 2.24) is 10.3 Å². The van der Waals surface area contributed by atoms with Crippen LogP contribution in [0.2, 0.25) is 0 Å². The first kappa shape index (κ1) is 15.6. The zero-order valence-corrected chi connectivity index (χ0v) is 13.4. The van der Waals surface area contributed by atoms with E-state index in [1.807, 2.05) is 13.0 Å². The quantitative estimate of drug-likeness (QED) is 0.915. The fourth-order valence-electron chi connectivity index (χ4n) is 2.35. The Labute approximate surface area is 137 Å². The Bertz CT molecular complexity index is 744. The molecule has 5 nitrogen and oxygen atoms in total. The van der Waals surface area contributed by atoms with Gasteiger partial charge in [0.2, 0.25) is 0 Å². The number of benzene rings is 1. The minimum atomic E-state index is -0.260. The maximum absolute atomic E-state index is 13.2. The molecule has 7 heteroatoms. The fraction of sp³-hybridized carbons (Fsp3) is 0.312. The van der Waals surface area contributed by atoms with Crippen molar-refractivity contribution in [1.29, 1.82) is 0 Å². The molecule has 1 atom stereocenters. The first-order valence-electron chi connectivity index (χ1n) is 7.26. The molecule has 0 spiro atoms. The van der Waals surface area contributed by atoms with Crippen molar-refractivity contribution >= 4 is 23.0 Å². The third kappa shape index (κ3) is 4.13. The maximum Gasteiger partial charge on any atom is 0.270 e. The summed E-state index contributed by atoms with van der Waals surface area (Å²) in [6.07, 6.45) is 0.975. The Morgan fingerprint density at radius 3 is 3.13 bits per heavy atom. The molecule has 0 radical (unpaired) electrons. The standard InChI is InChI=1S/C16H16FN3O2S/c1-10-19-15(9-23-10)16(21)18-8-14-7-13(20-22-14)6-11-3-2-4-12(17)5-11/h2-5,9,14H,6-8H2,1H3,(H,18,21)/t14-/m1/s1. The van der Waals surface area contributed by atoms with Gasteiger partial charge in [-0.15, -0.1) is 11.3 Å². The van der Waals surface area contributed by atoms with Crippen molar-refractivity contribution in [2.75, 3.05) is 6.54 Å². The summed E-state index contributed by atoms with van der Waals surface area (Å²) in [6, 6.07) is 6.43. The normalized spacial score (nSPS) is 16.8. The van der Waals surface area contributed by atoms with E-state index in [0.29, 0.717) is 25.1 Å². The molecular formula is C16H16FN3O2S.